The van der Waals surface area contributed by atoms with Crippen molar-refractivity contribution >= 4 is 23.2 Å². The molecule has 3 heterocycles. The molecule has 1 saturated heterocycles. The van der Waals surface area contributed by atoms with Crippen LogP contribution in [0.4, 0.5) is 13.2 Å². The molecular weight excluding hydrogens is 359 g/mol. The molecule has 25 heavy (non-hydrogen) atoms. The second kappa shape index (κ2) is 6.17. The number of fused-ring (bicyclic) bond motifs is 1. The zero-order valence-electron chi connectivity index (χ0n) is 13.9. The number of nitrogens with zero attached hydrogens (tertiary/aromatic N) is 3. The van der Waals surface area contributed by atoms with Crippen LogP contribution in [0, 0.1) is 6.92 Å². The summed E-state index contributed by atoms with van der Waals surface area (Å²) >= 11 is 5.96. The Labute approximate surface area is 147 Å². The SMILES string of the molecule is Cc1nc2c(Cl)cc(C(F)(F)F)cn2c1C(=O)N1CC(C)OC(C)C1. The second-order valence-corrected chi connectivity index (χ2v) is 6.69. The van der Waals surface area contributed by atoms with Crippen molar-refractivity contribution in [1.29, 1.82) is 0 Å². The first-order valence-corrected chi connectivity index (χ1v) is 8.16. The summed E-state index contributed by atoms with van der Waals surface area (Å²) in [5, 5.41) is -0.152. The molecule has 0 spiro atoms. The molecule has 0 radical (unpaired) electrons. The Balaban J connectivity index is 2.10. The van der Waals surface area contributed by atoms with E-state index in [1.807, 2.05) is 13.8 Å². The van der Waals surface area contributed by atoms with Crippen molar-refractivity contribution in [3.8, 4) is 0 Å². The number of imidazole rings is 1. The van der Waals surface area contributed by atoms with Gasteiger partial charge in [-0.2, -0.15) is 13.2 Å². The van der Waals surface area contributed by atoms with Crippen molar-refractivity contribution in [2.24, 2.45) is 0 Å². The first kappa shape index (κ1) is 18.0. The Morgan fingerprint density at radius 3 is 2.48 bits per heavy atom. The van der Waals surface area contributed by atoms with Crippen LogP contribution in [0.2, 0.25) is 5.02 Å². The molecule has 0 aromatic carbocycles. The number of hydrogen-bond acceptors (Lipinski definition) is 3. The Morgan fingerprint density at radius 1 is 1.32 bits per heavy atom. The monoisotopic (exact) mass is 375 g/mol. The number of carbonyl (C=O) groups is 1. The smallest absolute Gasteiger partial charge is 0.372 e. The van der Waals surface area contributed by atoms with Crippen LogP contribution in [0.15, 0.2) is 12.3 Å². The Kier molecular flexibility index (Phi) is 4.45. The lowest BCUT2D eigenvalue weighted by Crippen LogP contribution is -2.48. The summed E-state index contributed by atoms with van der Waals surface area (Å²) in [6.07, 6.45) is -4.01. The minimum Gasteiger partial charge on any atom is -0.372 e. The van der Waals surface area contributed by atoms with E-state index in [0.717, 1.165) is 16.7 Å². The molecule has 2 aromatic rings. The molecule has 0 N–H and O–H groups in total. The van der Waals surface area contributed by atoms with Gasteiger partial charge in [0, 0.05) is 19.3 Å². The van der Waals surface area contributed by atoms with Crippen LogP contribution in [0.1, 0.15) is 35.6 Å². The van der Waals surface area contributed by atoms with Crippen molar-refractivity contribution in [3.63, 3.8) is 0 Å². The van der Waals surface area contributed by atoms with Gasteiger partial charge in [-0.1, -0.05) is 11.6 Å². The van der Waals surface area contributed by atoms with Gasteiger partial charge in [-0.3, -0.25) is 9.20 Å². The second-order valence-electron chi connectivity index (χ2n) is 6.28. The van der Waals surface area contributed by atoms with Gasteiger partial charge in [0.25, 0.3) is 5.91 Å². The largest absolute Gasteiger partial charge is 0.417 e. The summed E-state index contributed by atoms with van der Waals surface area (Å²) in [4.78, 5) is 18.7. The van der Waals surface area contributed by atoms with Crippen LogP contribution in [-0.4, -0.2) is 45.5 Å². The third-order valence-electron chi connectivity index (χ3n) is 4.09. The number of alkyl halides is 3. The van der Waals surface area contributed by atoms with E-state index in [-0.39, 0.29) is 34.5 Å². The third-order valence-corrected chi connectivity index (χ3v) is 4.36. The van der Waals surface area contributed by atoms with E-state index >= 15 is 0 Å². The molecule has 2 atom stereocenters. The van der Waals surface area contributed by atoms with Crippen LogP contribution < -0.4 is 0 Å². The number of amides is 1. The van der Waals surface area contributed by atoms with Gasteiger partial charge in [-0.25, -0.2) is 4.98 Å². The summed E-state index contributed by atoms with van der Waals surface area (Å²) in [5.74, 6) is -0.387. The van der Waals surface area contributed by atoms with Crippen LogP contribution in [-0.2, 0) is 10.9 Å². The third kappa shape index (κ3) is 3.32. The zero-order valence-corrected chi connectivity index (χ0v) is 14.6. The Morgan fingerprint density at radius 2 is 1.92 bits per heavy atom. The fourth-order valence-corrected chi connectivity index (χ4v) is 3.37. The number of ether oxygens (including phenoxy) is 1. The van der Waals surface area contributed by atoms with E-state index in [2.05, 4.69) is 4.98 Å². The van der Waals surface area contributed by atoms with Crippen LogP contribution in [0.3, 0.4) is 0 Å². The van der Waals surface area contributed by atoms with Crippen molar-refractivity contribution in [3.05, 3.63) is 34.2 Å². The number of carbonyl (C=O) groups excluding carboxylic acids is 1. The molecule has 1 amide bonds. The Bertz CT molecular complexity index is 824. The number of rotatable bonds is 1. The van der Waals surface area contributed by atoms with Crippen molar-refractivity contribution in [2.75, 3.05) is 13.1 Å². The predicted molar refractivity (Wildman–Crippen MR) is 85.9 cm³/mol. The van der Waals surface area contributed by atoms with E-state index in [4.69, 9.17) is 16.3 Å². The van der Waals surface area contributed by atoms with Crippen molar-refractivity contribution in [2.45, 2.75) is 39.2 Å². The highest BCUT2D eigenvalue weighted by atomic mass is 35.5. The highest BCUT2D eigenvalue weighted by Crippen LogP contribution is 2.33. The fraction of sp³-hybridized carbons (Fsp3) is 0.500. The molecule has 2 aromatic heterocycles. The Hall–Kier alpha value is -1.80. The zero-order chi connectivity index (χ0) is 18.5. The van der Waals surface area contributed by atoms with Gasteiger partial charge in [0.05, 0.1) is 28.5 Å². The van der Waals surface area contributed by atoms with Crippen LogP contribution >= 0.6 is 11.6 Å². The van der Waals surface area contributed by atoms with Crippen molar-refractivity contribution < 1.29 is 22.7 Å². The van der Waals surface area contributed by atoms with Crippen LogP contribution in [0.25, 0.3) is 5.65 Å². The van der Waals surface area contributed by atoms with E-state index in [1.165, 1.54) is 0 Å². The lowest BCUT2D eigenvalue weighted by Gasteiger charge is -2.35. The van der Waals surface area contributed by atoms with Gasteiger partial charge in [-0.05, 0) is 26.8 Å². The lowest BCUT2D eigenvalue weighted by molar-refractivity contribution is -0.137. The molecule has 0 aliphatic carbocycles. The van der Waals surface area contributed by atoms with Gasteiger partial charge in [0.15, 0.2) is 5.65 Å². The fourth-order valence-electron chi connectivity index (χ4n) is 3.12. The van der Waals surface area contributed by atoms with Gasteiger partial charge in [0.1, 0.15) is 5.69 Å². The molecule has 3 rings (SSSR count). The van der Waals surface area contributed by atoms with E-state index in [1.54, 1.807) is 11.8 Å². The topological polar surface area (TPSA) is 46.8 Å². The number of pyridine rings is 1. The molecule has 0 saturated carbocycles. The summed E-state index contributed by atoms with van der Waals surface area (Å²) in [6.45, 7) is 5.99. The maximum atomic E-state index is 13.1. The van der Waals surface area contributed by atoms with Crippen molar-refractivity contribution in [1.82, 2.24) is 14.3 Å². The van der Waals surface area contributed by atoms with Gasteiger partial charge >= 0.3 is 6.18 Å². The first-order chi connectivity index (χ1) is 11.6. The average Bonchev–Trinajstić information content (AvgIpc) is 2.81. The maximum Gasteiger partial charge on any atom is 0.417 e. The molecular formula is C16H17ClF3N3O2. The molecule has 1 fully saturated rings. The van der Waals surface area contributed by atoms with Gasteiger partial charge < -0.3 is 9.64 Å². The molecule has 1 aliphatic heterocycles. The molecule has 2 unspecified atom stereocenters. The standard InChI is InChI=1S/C16H17ClF3N3O2/c1-8-5-22(6-9(2)25-8)15(24)13-10(3)21-14-12(17)4-11(7-23(13)14)16(18,19)20/h4,7-9H,5-6H2,1-3H3. The van der Waals surface area contributed by atoms with E-state index < -0.39 is 11.7 Å². The highest BCUT2D eigenvalue weighted by molar-refractivity contribution is 6.33. The first-order valence-electron chi connectivity index (χ1n) is 7.78. The molecule has 136 valence electrons. The minimum absolute atomic E-state index is 0.0873. The van der Waals surface area contributed by atoms with Gasteiger partial charge in [0.2, 0.25) is 0 Å². The molecule has 5 nitrogen and oxygen atoms in total. The summed E-state index contributed by atoms with van der Waals surface area (Å²) < 4.78 is 46.0. The van der Waals surface area contributed by atoms with E-state index in [9.17, 15) is 18.0 Å². The molecule has 0 bridgehead atoms. The minimum atomic E-state index is -4.57. The predicted octanol–water partition coefficient (Wildman–Crippen LogP) is 3.56. The summed E-state index contributed by atoms with van der Waals surface area (Å²) in [5.41, 5.74) is -0.382. The average molecular weight is 376 g/mol. The lowest BCUT2D eigenvalue weighted by atomic mass is 10.2. The van der Waals surface area contributed by atoms with Gasteiger partial charge in [-0.15, -0.1) is 0 Å². The quantitative estimate of drug-likeness (QED) is 0.765. The van der Waals surface area contributed by atoms with E-state index in [0.29, 0.717) is 18.8 Å². The van der Waals surface area contributed by atoms with Crippen LogP contribution in [0.5, 0.6) is 0 Å². The molecule has 1 aliphatic rings. The number of morpholine rings is 1. The summed E-state index contributed by atoms with van der Waals surface area (Å²) in [6, 6.07) is 0.816. The maximum absolute atomic E-state index is 13.1. The normalized spacial score (nSPS) is 21.8. The number of halogens is 4. The number of aryl methyl sites for hydroxylation is 1. The summed E-state index contributed by atoms with van der Waals surface area (Å²) in [7, 11) is 0. The highest BCUT2D eigenvalue weighted by Gasteiger charge is 2.34. The number of aromatic nitrogens is 2. The molecule has 9 heteroatoms. The number of hydrogen-bond donors (Lipinski definition) is 0.